The van der Waals surface area contributed by atoms with E-state index in [1.807, 2.05) is 13.0 Å². The maximum Gasteiger partial charge on any atom is 0.243 e. The quantitative estimate of drug-likeness (QED) is 0.365. The van der Waals surface area contributed by atoms with E-state index < -0.39 is 10.1 Å². The minimum atomic E-state index is -0.818. The fourth-order valence-corrected chi connectivity index (χ4v) is 3.02. The molecule has 0 aromatic heterocycles. The Balaban J connectivity index is 2.39. The third kappa shape index (κ3) is 0.841. The predicted molar refractivity (Wildman–Crippen MR) is 49.3 cm³/mol. The summed E-state index contributed by atoms with van der Waals surface area (Å²) in [5.41, 5.74) is 0. The largest absolute Gasteiger partial charge is 0.279 e. The third-order valence-corrected chi connectivity index (χ3v) is 4.47. The molecule has 0 heterocycles. The van der Waals surface area contributed by atoms with Crippen LogP contribution in [0.3, 0.4) is 0 Å². The van der Waals surface area contributed by atoms with Crippen LogP contribution in [0.2, 0.25) is 0 Å². The molecule has 1 nitrogen and oxygen atoms in total. The molecule has 2 aliphatic carbocycles. The number of hydrogen-bond acceptors (Lipinski definition) is 1. The van der Waals surface area contributed by atoms with Crippen LogP contribution in [0.4, 0.5) is 0 Å². The van der Waals surface area contributed by atoms with E-state index in [9.17, 15) is 4.79 Å². The lowest BCUT2D eigenvalue weighted by Gasteiger charge is -2.30. The minimum Gasteiger partial charge on any atom is -0.279 e. The highest BCUT2D eigenvalue weighted by Gasteiger charge is 2.56. The molecular weight excluding hydrogens is 195 g/mol. The van der Waals surface area contributed by atoms with Crippen molar-refractivity contribution in [2.75, 3.05) is 0 Å². The number of fused-ring (bicyclic) bond motifs is 2. The van der Waals surface area contributed by atoms with Gasteiger partial charge in [0.05, 0.1) is 0 Å². The fraction of sp³-hybridized carbons (Fsp3) is 0.667. The summed E-state index contributed by atoms with van der Waals surface area (Å²) in [6.45, 7) is 2.00. The Labute approximate surface area is 81.7 Å². The van der Waals surface area contributed by atoms with Crippen LogP contribution in [0.25, 0.3) is 0 Å². The first-order valence-corrected chi connectivity index (χ1v) is 4.89. The topological polar surface area (TPSA) is 17.1 Å². The molecule has 1 fully saturated rings. The van der Waals surface area contributed by atoms with E-state index in [1.54, 1.807) is 0 Å². The molecule has 2 aliphatic rings. The standard InChI is InChI=1S/C9H10Cl2O/c1-5-6-2-3-7(4-6)9(5,11)8(10)12/h2-3,5-7H,4H2,1H3/t5-,6+,7-,9-/m0/s1. The van der Waals surface area contributed by atoms with Gasteiger partial charge in [0.15, 0.2) is 0 Å². The van der Waals surface area contributed by atoms with Crippen LogP contribution in [0.5, 0.6) is 0 Å². The van der Waals surface area contributed by atoms with Gasteiger partial charge < -0.3 is 0 Å². The highest BCUT2D eigenvalue weighted by Crippen LogP contribution is 2.54. The number of alkyl halides is 1. The molecule has 0 N–H and O–H groups in total. The Morgan fingerprint density at radius 2 is 2.25 bits per heavy atom. The molecule has 0 aromatic rings. The zero-order valence-electron chi connectivity index (χ0n) is 6.76. The molecule has 4 atom stereocenters. The van der Waals surface area contributed by atoms with Crippen LogP contribution < -0.4 is 0 Å². The molecule has 0 spiro atoms. The summed E-state index contributed by atoms with van der Waals surface area (Å²) >= 11 is 11.7. The minimum absolute atomic E-state index is 0.157. The van der Waals surface area contributed by atoms with Crippen LogP contribution in [0.15, 0.2) is 12.2 Å². The first-order chi connectivity index (χ1) is 5.56. The highest BCUT2D eigenvalue weighted by molar-refractivity contribution is 6.71. The van der Waals surface area contributed by atoms with Crippen LogP contribution in [-0.4, -0.2) is 10.1 Å². The number of carbonyl (C=O) groups excluding carboxylic acids is 1. The maximum absolute atomic E-state index is 11.2. The van der Waals surface area contributed by atoms with Crippen molar-refractivity contribution in [1.29, 1.82) is 0 Å². The molecule has 3 heteroatoms. The molecule has 0 amide bonds. The third-order valence-electron chi connectivity index (χ3n) is 3.26. The van der Waals surface area contributed by atoms with Crippen LogP contribution in [-0.2, 0) is 4.79 Å². The van der Waals surface area contributed by atoms with Gasteiger partial charge in [0, 0.05) is 5.92 Å². The van der Waals surface area contributed by atoms with Gasteiger partial charge in [-0.25, -0.2) is 0 Å². The van der Waals surface area contributed by atoms with Gasteiger partial charge in [-0.1, -0.05) is 19.1 Å². The van der Waals surface area contributed by atoms with Crippen molar-refractivity contribution >= 4 is 28.4 Å². The average molecular weight is 205 g/mol. The average Bonchev–Trinajstić information content (AvgIpc) is 2.55. The van der Waals surface area contributed by atoms with E-state index >= 15 is 0 Å². The Morgan fingerprint density at radius 1 is 1.58 bits per heavy atom. The van der Waals surface area contributed by atoms with Crippen molar-refractivity contribution < 1.29 is 4.79 Å². The number of hydrogen-bond donors (Lipinski definition) is 0. The van der Waals surface area contributed by atoms with E-state index in [-0.39, 0.29) is 11.8 Å². The second-order valence-corrected chi connectivity index (χ2v) is 4.69. The summed E-state index contributed by atoms with van der Waals surface area (Å²) in [6, 6.07) is 0. The fourth-order valence-electron chi connectivity index (χ4n) is 2.38. The predicted octanol–water partition coefficient (Wildman–Crippen LogP) is 2.57. The van der Waals surface area contributed by atoms with Gasteiger partial charge >= 0.3 is 0 Å². The van der Waals surface area contributed by atoms with Crippen LogP contribution in [0, 0.1) is 17.8 Å². The van der Waals surface area contributed by atoms with E-state index in [0.717, 1.165) is 6.42 Å². The SMILES string of the molecule is C[C@H]1[C@@H]2C=C[C@@H](C2)[C@]1(Cl)C(=O)Cl. The van der Waals surface area contributed by atoms with Gasteiger partial charge in [-0.2, -0.15) is 0 Å². The van der Waals surface area contributed by atoms with E-state index in [2.05, 4.69) is 6.08 Å². The van der Waals surface area contributed by atoms with Gasteiger partial charge in [0.1, 0.15) is 4.87 Å². The Morgan fingerprint density at radius 3 is 2.58 bits per heavy atom. The first-order valence-electron chi connectivity index (χ1n) is 4.14. The van der Waals surface area contributed by atoms with Crippen molar-refractivity contribution in [2.45, 2.75) is 18.2 Å². The van der Waals surface area contributed by atoms with Crippen molar-refractivity contribution in [2.24, 2.45) is 17.8 Å². The zero-order valence-corrected chi connectivity index (χ0v) is 8.27. The highest BCUT2D eigenvalue weighted by atomic mass is 35.5. The number of rotatable bonds is 1. The molecule has 12 heavy (non-hydrogen) atoms. The second-order valence-electron chi connectivity index (χ2n) is 3.72. The first kappa shape index (κ1) is 8.58. The monoisotopic (exact) mass is 204 g/mol. The van der Waals surface area contributed by atoms with E-state index in [4.69, 9.17) is 23.2 Å². The van der Waals surface area contributed by atoms with Gasteiger partial charge in [0.2, 0.25) is 5.24 Å². The maximum atomic E-state index is 11.2. The van der Waals surface area contributed by atoms with E-state index in [1.165, 1.54) is 0 Å². The molecule has 0 aliphatic heterocycles. The Hall–Kier alpha value is -0.0100. The van der Waals surface area contributed by atoms with Crippen molar-refractivity contribution in [3.63, 3.8) is 0 Å². The molecule has 2 bridgehead atoms. The summed E-state index contributed by atoms with van der Waals surface area (Å²) in [5, 5.41) is -0.395. The lowest BCUT2D eigenvalue weighted by atomic mass is 9.84. The summed E-state index contributed by atoms with van der Waals surface area (Å²) < 4.78 is 0. The molecule has 0 aromatic carbocycles. The van der Waals surface area contributed by atoms with Crippen LogP contribution in [0.1, 0.15) is 13.3 Å². The molecule has 66 valence electrons. The second kappa shape index (κ2) is 2.49. The summed E-state index contributed by atoms with van der Waals surface area (Å²) in [7, 11) is 0. The van der Waals surface area contributed by atoms with Crippen molar-refractivity contribution in [3.8, 4) is 0 Å². The number of allylic oxidation sites excluding steroid dienone is 2. The zero-order chi connectivity index (χ0) is 8.93. The smallest absolute Gasteiger partial charge is 0.243 e. The van der Waals surface area contributed by atoms with Gasteiger partial charge in [-0.3, -0.25) is 4.79 Å². The molecule has 0 radical (unpaired) electrons. The summed E-state index contributed by atoms with van der Waals surface area (Å²) in [6.07, 6.45) is 5.16. The van der Waals surface area contributed by atoms with Crippen molar-refractivity contribution in [3.05, 3.63) is 12.2 Å². The molecule has 0 saturated heterocycles. The van der Waals surface area contributed by atoms with Gasteiger partial charge in [0.25, 0.3) is 0 Å². The number of halogens is 2. The van der Waals surface area contributed by atoms with Crippen LogP contribution >= 0.6 is 23.2 Å². The van der Waals surface area contributed by atoms with E-state index in [0.29, 0.717) is 5.92 Å². The Bertz CT molecular complexity index is 261. The normalized spacial score (nSPS) is 50.1. The Kier molecular flexibility index (Phi) is 1.78. The lowest BCUT2D eigenvalue weighted by molar-refractivity contribution is -0.115. The van der Waals surface area contributed by atoms with Gasteiger partial charge in [-0.15, -0.1) is 11.6 Å². The molecule has 2 rings (SSSR count). The summed E-state index contributed by atoms with van der Waals surface area (Å²) in [4.78, 5) is 10.3. The molecule has 1 saturated carbocycles. The van der Waals surface area contributed by atoms with Gasteiger partial charge in [-0.05, 0) is 29.9 Å². The lowest BCUT2D eigenvalue weighted by Crippen LogP contribution is -2.40. The molecule has 0 unspecified atom stereocenters. The van der Waals surface area contributed by atoms with Crippen molar-refractivity contribution in [1.82, 2.24) is 0 Å². The number of carbonyl (C=O) groups is 1. The molecular formula is C9H10Cl2O. The summed E-state index contributed by atoms with van der Waals surface area (Å²) in [5.74, 6) is 0.790.